The summed E-state index contributed by atoms with van der Waals surface area (Å²) in [6, 6.07) is 6.87. The van der Waals surface area contributed by atoms with Gasteiger partial charge in [0.25, 0.3) is 0 Å². The zero-order valence-electron chi connectivity index (χ0n) is 8.86. The molecule has 1 aromatic carbocycles. The standard InChI is InChI=1S/C10H15NO3S/c1-9-5-3-4-6-10(9)15(12,13)11-7-8-14-2/h3-6,11H,7-8H2,1-2H3. The molecule has 0 aliphatic heterocycles. The third kappa shape index (κ3) is 3.30. The van der Waals surface area contributed by atoms with Gasteiger partial charge in [-0.2, -0.15) is 0 Å². The first-order valence-electron chi connectivity index (χ1n) is 4.62. The van der Waals surface area contributed by atoms with Gasteiger partial charge >= 0.3 is 0 Å². The van der Waals surface area contributed by atoms with E-state index in [9.17, 15) is 8.42 Å². The van der Waals surface area contributed by atoms with E-state index < -0.39 is 10.0 Å². The van der Waals surface area contributed by atoms with Crippen molar-refractivity contribution < 1.29 is 13.2 Å². The van der Waals surface area contributed by atoms with Crippen LogP contribution < -0.4 is 4.72 Å². The van der Waals surface area contributed by atoms with E-state index in [1.807, 2.05) is 6.07 Å². The van der Waals surface area contributed by atoms with Crippen LogP contribution in [0, 0.1) is 6.92 Å². The molecule has 1 N–H and O–H groups in total. The van der Waals surface area contributed by atoms with Crippen LogP contribution in [0.5, 0.6) is 0 Å². The van der Waals surface area contributed by atoms with Gasteiger partial charge in [-0.3, -0.25) is 0 Å². The highest BCUT2D eigenvalue weighted by Crippen LogP contribution is 2.13. The quantitative estimate of drug-likeness (QED) is 0.764. The van der Waals surface area contributed by atoms with E-state index in [0.717, 1.165) is 5.56 Å². The van der Waals surface area contributed by atoms with Crippen LogP contribution in [0.1, 0.15) is 5.56 Å². The molecule has 1 rings (SSSR count). The Labute approximate surface area is 90.3 Å². The first-order valence-corrected chi connectivity index (χ1v) is 6.10. The van der Waals surface area contributed by atoms with E-state index in [4.69, 9.17) is 4.74 Å². The fourth-order valence-corrected chi connectivity index (χ4v) is 2.47. The van der Waals surface area contributed by atoms with Gasteiger partial charge in [-0.05, 0) is 18.6 Å². The Morgan fingerprint density at radius 2 is 2.00 bits per heavy atom. The molecule has 0 fully saturated rings. The third-order valence-electron chi connectivity index (χ3n) is 1.98. The highest BCUT2D eigenvalue weighted by Gasteiger charge is 2.14. The van der Waals surface area contributed by atoms with Crippen LogP contribution in [0.25, 0.3) is 0 Å². The van der Waals surface area contributed by atoms with Gasteiger partial charge in [-0.1, -0.05) is 18.2 Å². The van der Waals surface area contributed by atoms with E-state index in [1.165, 1.54) is 7.11 Å². The molecule has 15 heavy (non-hydrogen) atoms. The molecule has 0 aliphatic rings. The van der Waals surface area contributed by atoms with Crippen LogP contribution in [0.4, 0.5) is 0 Å². The molecule has 4 nitrogen and oxygen atoms in total. The van der Waals surface area contributed by atoms with Gasteiger partial charge in [0.15, 0.2) is 0 Å². The number of hydrogen-bond donors (Lipinski definition) is 1. The average Bonchev–Trinajstić information content (AvgIpc) is 2.18. The van der Waals surface area contributed by atoms with Crippen molar-refractivity contribution in [3.8, 4) is 0 Å². The fraction of sp³-hybridized carbons (Fsp3) is 0.400. The molecule has 0 aliphatic carbocycles. The van der Waals surface area contributed by atoms with E-state index in [1.54, 1.807) is 25.1 Å². The van der Waals surface area contributed by atoms with Crippen molar-refractivity contribution in [2.75, 3.05) is 20.3 Å². The number of aryl methyl sites for hydroxylation is 1. The summed E-state index contributed by atoms with van der Waals surface area (Å²) in [6.07, 6.45) is 0. The maximum Gasteiger partial charge on any atom is 0.240 e. The van der Waals surface area contributed by atoms with Crippen molar-refractivity contribution in [2.24, 2.45) is 0 Å². The number of benzene rings is 1. The normalized spacial score (nSPS) is 11.6. The van der Waals surface area contributed by atoms with Gasteiger partial charge in [0.2, 0.25) is 10.0 Å². The van der Waals surface area contributed by atoms with Crippen molar-refractivity contribution in [1.29, 1.82) is 0 Å². The van der Waals surface area contributed by atoms with Gasteiger partial charge in [0, 0.05) is 13.7 Å². The summed E-state index contributed by atoms with van der Waals surface area (Å²) in [4.78, 5) is 0.320. The summed E-state index contributed by atoms with van der Waals surface area (Å²) in [7, 11) is -1.86. The van der Waals surface area contributed by atoms with Crippen LogP contribution in [-0.4, -0.2) is 28.7 Å². The first kappa shape index (κ1) is 12.2. The first-order chi connectivity index (χ1) is 7.08. The van der Waals surface area contributed by atoms with Crippen LogP contribution in [0.15, 0.2) is 29.2 Å². The van der Waals surface area contributed by atoms with Gasteiger partial charge < -0.3 is 4.74 Å². The zero-order chi connectivity index (χ0) is 11.3. The molecule has 0 aromatic heterocycles. The predicted octanol–water partition coefficient (Wildman–Crippen LogP) is 0.920. The lowest BCUT2D eigenvalue weighted by Crippen LogP contribution is -2.27. The van der Waals surface area contributed by atoms with Crippen LogP contribution in [-0.2, 0) is 14.8 Å². The fourth-order valence-electron chi connectivity index (χ4n) is 1.21. The minimum absolute atomic E-state index is 0.285. The lowest BCUT2D eigenvalue weighted by molar-refractivity contribution is 0.204. The van der Waals surface area contributed by atoms with Gasteiger partial charge in [-0.25, -0.2) is 13.1 Å². The van der Waals surface area contributed by atoms with E-state index in [-0.39, 0.29) is 6.54 Å². The van der Waals surface area contributed by atoms with Crippen molar-refractivity contribution in [1.82, 2.24) is 4.72 Å². The number of nitrogens with one attached hydrogen (secondary N) is 1. The second kappa shape index (κ2) is 5.25. The summed E-state index contributed by atoms with van der Waals surface area (Å²) in [6.45, 7) is 2.42. The smallest absolute Gasteiger partial charge is 0.240 e. The molecule has 84 valence electrons. The van der Waals surface area contributed by atoms with Crippen molar-refractivity contribution in [3.05, 3.63) is 29.8 Å². The molecule has 5 heteroatoms. The van der Waals surface area contributed by atoms with E-state index in [2.05, 4.69) is 4.72 Å². The van der Waals surface area contributed by atoms with E-state index >= 15 is 0 Å². The lowest BCUT2D eigenvalue weighted by atomic mass is 10.2. The highest BCUT2D eigenvalue weighted by atomic mass is 32.2. The second-order valence-corrected chi connectivity index (χ2v) is 4.89. The number of hydrogen-bond acceptors (Lipinski definition) is 3. The Morgan fingerprint density at radius 3 is 2.60 bits per heavy atom. The number of methoxy groups -OCH3 is 1. The Balaban J connectivity index is 2.83. The molecular formula is C10H15NO3S. The number of sulfonamides is 1. The Bertz CT molecular complexity index is 414. The summed E-state index contributed by atoms with van der Waals surface area (Å²) in [5.74, 6) is 0. The minimum Gasteiger partial charge on any atom is -0.383 e. The van der Waals surface area contributed by atoms with Gasteiger partial charge in [0.05, 0.1) is 11.5 Å². The number of rotatable bonds is 5. The maximum atomic E-state index is 11.8. The second-order valence-electron chi connectivity index (χ2n) is 3.16. The third-order valence-corrected chi connectivity index (χ3v) is 3.60. The average molecular weight is 229 g/mol. The Hall–Kier alpha value is -0.910. The molecule has 1 aromatic rings. The summed E-state index contributed by atoms with van der Waals surface area (Å²) >= 11 is 0. The summed E-state index contributed by atoms with van der Waals surface area (Å²) < 4.78 is 30.8. The van der Waals surface area contributed by atoms with Crippen molar-refractivity contribution in [2.45, 2.75) is 11.8 Å². The molecule has 0 bridgehead atoms. The molecule has 0 amide bonds. The predicted molar refractivity (Wildman–Crippen MR) is 58.2 cm³/mol. The van der Waals surface area contributed by atoms with Gasteiger partial charge in [-0.15, -0.1) is 0 Å². The Morgan fingerprint density at radius 1 is 1.33 bits per heavy atom. The molecule has 0 atom stereocenters. The molecular weight excluding hydrogens is 214 g/mol. The van der Waals surface area contributed by atoms with Gasteiger partial charge in [0.1, 0.15) is 0 Å². The minimum atomic E-state index is -3.39. The lowest BCUT2D eigenvalue weighted by Gasteiger charge is -2.08. The van der Waals surface area contributed by atoms with Crippen LogP contribution in [0.3, 0.4) is 0 Å². The Kier molecular flexibility index (Phi) is 4.26. The molecule has 0 radical (unpaired) electrons. The number of ether oxygens (including phenoxy) is 1. The molecule has 0 saturated heterocycles. The highest BCUT2D eigenvalue weighted by molar-refractivity contribution is 7.89. The molecule has 0 heterocycles. The van der Waals surface area contributed by atoms with Crippen LogP contribution in [0.2, 0.25) is 0 Å². The zero-order valence-corrected chi connectivity index (χ0v) is 9.67. The molecule has 0 spiro atoms. The summed E-state index contributed by atoms with van der Waals surface area (Å²) in [5.41, 5.74) is 0.738. The largest absolute Gasteiger partial charge is 0.383 e. The SMILES string of the molecule is COCCNS(=O)(=O)c1ccccc1C. The molecule has 0 saturated carbocycles. The van der Waals surface area contributed by atoms with Crippen molar-refractivity contribution in [3.63, 3.8) is 0 Å². The van der Waals surface area contributed by atoms with E-state index in [0.29, 0.717) is 11.5 Å². The maximum absolute atomic E-state index is 11.8. The molecule has 0 unspecified atom stereocenters. The topological polar surface area (TPSA) is 55.4 Å². The summed E-state index contributed by atoms with van der Waals surface area (Å²) in [5, 5.41) is 0. The van der Waals surface area contributed by atoms with Crippen LogP contribution >= 0.6 is 0 Å². The monoisotopic (exact) mass is 229 g/mol. The van der Waals surface area contributed by atoms with Crippen molar-refractivity contribution >= 4 is 10.0 Å².